The Morgan fingerprint density at radius 3 is 1.65 bits per heavy atom. The number of benzene rings is 8. The van der Waals surface area contributed by atoms with E-state index in [2.05, 4.69) is 217 Å². The van der Waals surface area contributed by atoms with Gasteiger partial charge in [-0.15, -0.1) is 0 Å². The SMILES string of the molecule is C1=CC2c3ccccc3C3(c4ccccc4-c4ccccc43)c3cc(N(c4ccccc4)c4cccc5c4Oc4ccccc4-c4ccccc4-5)ccc3C2C=C1. The Bertz CT molecular complexity index is 2930. The molecule has 0 bridgehead atoms. The van der Waals surface area contributed by atoms with Gasteiger partial charge in [0.25, 0.3) is 0 Å². The van der Waals surface area contributed by atoms with E-state index in [1.807, 2.05) is 0 Å². The van der Waals surface area contributed by atoms with E-state index in [9.17, 15) is 0 Å². The van der Waals surface area contributed by atoms with Gasteiger partial charge in [0, 0.05) is 34.3 Å². The van der Waals surface area contributed by atoms with Crippen LogP contribution in [-0.4, -0.2) is 0 Å². The summed E-state index contributed by atoms with van der Waals surface area (Å²) in [5, 5.41) is 0. The minimum atomic E-state index is -0.543. The van der Waals surface area contributed by atoms with Gasteiger partial charge >= 0.3 is 0 Å². The summed E-state index contributed by atoms with van der Waals surface area (Å²) in [5.74, 6) is 2.07. The topological polar surface area (TPSA) is 12.5 Å². The lowest BCUT2D eigenvalue weighted by atomic mass is 9.66. The molecule has 0 aromatic heterocycles. The van der Waals surface area contributed by atoms with Crippen molar-refractivity contribution >= 4 is 17.1 Å². The Kier molecular flexibility index (Phi) is 7.00. The molecule has 4 aliphatic rings. The summed E-state index contributed by atoms with van der Waals surface area (Å²) in [6.07, 6.45) is 9.30. The fraction of sp³-hybridized carbons (Fsp3) is 0.0545. The second-order valence-corrected chi connectivity index (χ2v) is 15.5. The minimum Gasteiger partial charge on any atom is -0.454 e. The number of allylic oxidation sites excluding steroid dienone is 4. The van der Waals surface area contributed by atoms with Crippen LogP contribution in [0.4, 0.5) is 17.1 Å². The lowest BCUT2D eigenvalue weighted by Crippen LogP contribution is -2.30. The van der Waals surface area contributed by atoms with Gasteiger partial charge in [-0.25, -0.2) is 0 Å². The average molecular weight is 728 g/mol. The minimum absolute atomic E-state index is 0.175. The highest BCUT2D eigenvalue weighted by molar-refractivity contribution is 5.96. The molecule has 3 aliphatic carbocycles. The molecule has 0 radical (unpaired) electrons. The Hall–Kier alpha value is -7.16. The van der Waals surface area contributed by atoms with E-state index < -0.39 is 5.41 Å². The monoisotopic (exact) mass is 727 g/mol. The van der Waals surface area contributed by atoms with E-state index in [1.165, 1.54) is 50.1 Å². The molecule has 1 heterocycles. The summed E-state index contributed by atoms with van der Waals surface area (Å²) in [6, 6.07) is 69.1. The van der Waals surface area contributed by atoms with Gasteiger partial charge in [0.15, 0.2) is 5.75 Å². The van der Waals surface area contributed by atoms with Crippen molar-refractivity contribution in [2.45, 2.75) is 17.3 Å². The Morgan fingerprint density at radius 1 is 0.386 bits per heavy atom. The van der Waals surface area contributed by atoms with Gasteiger partial charge in [-0.1, -0.05) is 176 Å². The van der Waals surface area contributed by atoms with E-state index in [1.54, 1.807) is 0 Å². The highest BCUT2D eigenvalue weighted by Gasteiger charge is 2.51. The molecule has 268 valence electrons. The number of anilines is 3. The second kappa shape index (κ2) is 12.4. The van der Waals surface area contributed by atoms with Gasteiger partial charge < -0.3 is 9.64 Å². The first-order valence-corrected chi connectivity index (χ1v) is 19.9. The lowest BCUT2D eigenvalue weighted by molar-refractivity contribution is 0.489. The number of para-hydroxylation sites is 3. The van der Waals surface area contributed by atoms with Crippen molar-refractivity contribution in [3.63, 3.8) is 0 Å². The van der Waals surface area contributed by atoms with Crippen LogP contribution in [-0.2, 0) is 5.41 Å². The van der Waals surface area contributed by atoms with Gasteiger partial charge in [0.2, 0.25) is 0 Å². The summed E-state index contributed by atoms with van der Waals surface area (Å²) in [7, 11) is 0. The van der Waals surface area contributed by atoms with Gasteiger partial charge in [-0.2, -0.15) is 0 Å². The molecule has 0 N–H and O–H groups in total. The molecular weight excluding hydrogens is 691 g/mol. The average Bonchev–Trinajstić information content (AvgIpc) is 3.42. The number of hydrogen-bond acceptors (Lipinski definition) is 2. The van der Waals surface area contributed by atoms with E-state index in [4.69, 9.17) is 4.74 Å². The molecular formula is C55H37NO. The van der Waals surface area contributed by atoms with Gasteiger partial charge in [-0.3, -0.25) is 0 Å². The quantitative estimate of drug-likeness (QED) is 0.180. The highest BCUT2D eigenvalue weighted by atomic mass is 16.5. The first-order chi connectivity index (χ1) is 28.3. The maximum Gasteiger partial charge on any atom is 0.159 e. The predicted molar refractivity (Wildman–Crippen MR) is 233 cm³/mol. The first-order valence-electron chi connectivity index (χ1n) is 19.9. The number of nitrogens with zero attached hydrogens (tertiary/aromatic N) is 1. The molecule has 0 saturated heterocycles. The highest BCUT2D eigenvalue weighted by Crippen LogP contribution is 2.62. The third-order valence-electron chi connectivity index (χ3n) is 12.7. The lowest BCUT2D eigenvalue weighted by Gasteiger charge is -2.37. The second-order valence-electron chi connectivity index (χ2n) is 15.5. The number of fused-ring (bicyclic) bond motifs is 17. The number of hydrogen-bond donors (Lipinski definition) is 0. The Balaban J connectivity index is 1.18. The summed E-state index contributed by atoms with van der Waals surface area (Å²) < 4.78 is 7.12. The molecule has 8 aromatic rings. The maximum absolute atomic E-state index is 7.12. The zero-order valence-corrected chi connectivity index (χ0v) is 31.2. The van der Waals surface area contributed by atoms with E-state index in [-0.39, 0.29) is 11.8 Å². The molecule has 0 amide bonds. The van der Waals surface area contributed by atoms with Crippen LogP contribution in [0, 0.1) is 0 Å². The largest absolute Gasteiger partial charge is 0.454 e. The molecule has 1 spiro atoms. The van der Waals surface area contributed by atoms with Gasteiger partial charge in [-0.05, 0) is 92.0 Å². The molecule has 2 atom stereocenters. The Labute approximate surface area is 333 Å². The predicted octanol–water partition coefficient (Wildman–Crippen LogP) is 14.3. The summed E-state index contributed by atoms with van der Waals surface area (Å²) >= 11 is 0. The number of rotatable bonds is 3. The summed E-state index contributed by atoms with van der Waals surface area (Å²) in [4.78, 5) is 2.40. The van der Waals surface area contributed by atoms with E-state index in [0.29, 0.717) is 0 Å². The molecule has 2 unspecified atom stereocenters. The van der Waals surface area contributed by atoms with Crippen LogP contribution < -0.4 is 9.64 Å². The van der Waals surface area contributed by atoms with Crippen molar-refractivity contribution in [2.75, 3.05) is 4.90 Å². The first kappa shape index (κ1) is 32.1. The molecule has 2 nitrogen and oxygen atoms in total. The van der Waals surface area contributed by atoms with E-state index >= 15 is 0 Å². The Morgan fingerprint density at radius 2 is 0.930 bits per heavy atom. The third-order valence-corrected chi connectivity index (χ3v) is 12.7. The zero-order valence-electron chi connectivity index (χ0n) is 31.2. The van der Waals surface area contributed by atoms with Crippen molar-refractivity contribution in [2.24, 2.45) is 0 Å². The van der Waals surface area contributed by atoms with Crippen LogP contribution in [0.25, 0.3) is 33.4 Å². The molecule has 57 heavy (non-hydrogen) atoms. The van der Waals surface area contributed by atoms with Crippen molar-refractivity contribution in [3.8, 4) is 44.9 Å². The van der Waals surface area contributed by atoms with Crippen molar-refractivity contribution in [1.29, 1.82) is 0 Å². The van der Waals surface area contributed by atoms with Crippen LogP contribution in [0.2, 0.25) is 0 Å². The van der Waals surface area contributed by atoms with E-state index in [0.717, 1.165) is 45.3 Å². The molecule has 0 saturated carbocycles. The van der Waals surface area contributed by atoms with Crippen molar-refractivity contribution in [1.82, 2.24) is 0 Å². The standard InChI is InChI=1S/C55H37NO/c1-2-17-36(18-3-1)56(52-31-16-27-47-41-22-7-6-21-40(41)46-26-11-15-32-53(46)57-54(47)52)37-33-34-45-39-20-5-4-19-38(39)42-23-8-12-28-48(42)55(51(45)35-37)49-29-13-9-24-43(49)44-25-10-14-30-50(44)55/h1-35,38-39H. The fourth-order valence-electron chi connectivity index (χ4n) is 10.5. The summed E-state index contributed by atoms with van der Waals surface area (Å²) in [5.41, 5.74) is 17.7. The van der Waals surface area contributed by atoms with Crippen LogP contribution >= 0.6 is 0 Å². The third kappa shape index (κ3) is 4.53. The van der Waals surface area contributed by atoms with Gasteiger partial charge in [0.1, 0.15) is 5.75 Å². The van der Waals surface area contributed by atoms with Crippen molar-refractivity contribution in [3.05, 3.63) is 246 Å². The maximum atomic E-state index is 7.12. The molecule has 12 rings (SSSR count). The number of ether oxygens (including phenoxy) is 1. The summed E-state index contributed by atoms with van der Waals surface area (Å²) in [6.45, 7) is 0. The molecule has 2 heteroatoms. The van der Waals surface area contributed by atoms with Crippen molar-refractivity contribution < 1.29 is 4.74 Å². The van der Waals surface area contributed by atoms with Gasteiger partial charge in [0.05, 0.1) is 11.1 Å². The van der Waals surface area contributed by atoms with Crippen LogP contribution in [0.1, 0.15) is 45.2 Å². The zero-order chi connectivity index (χ0) is 37.5. The van der Waals surface area contributed by atoms with Crippen LogP contribution in [0.15, 0.2) is 212 Å². The normalized spacial score (nSPS) is 16.9. The fourth-order valence-corrected chi connectivity index (χ4v) is 10.5. The molecule has 8 aromatic carbocycles. The van der Waals surface area contributed by atoms with Crippen LogP contribution in [0.5, 0.6) is 11.5 Å². The molecule has 1 aliphatic heterocycles. The molecule has 0 fully saturated rings. The smallest absolute Gasteiger partial charge is 0.159 e. The van der Waals surface area contributed by atoms with Crippen LogP contribution in [0.3, 0.4) is 0 Å².